The molecule has 0 aromatic heterocycles. The second kappa shape index (κ2) is 5.05. The number of hydrogen-bond acceptors (Lipinski definition) is 3. The predicted octanol–water partition coefficient (Wildman–Crippen LogP) is 2.30. The van der Waals surface area contributed by atoms with Crippen LogP contribution in [0.2, 0.25) is 0 Å². The Morgan fingerprint density at radius 1 is 1.50 bits per heavy atom. The van der Waals surface area contributed by atoms with Gasteiger partial charge in [-0.2, -0.15) is 0 Å². The van der Waals surface area contributed by atoms with Gasteiger partial charge in [0.1, 0.15) is 0 Å². The second-order valence-electron chi connectivity index (χ2n) is 3.87. The molecule has 1 amide bonds. The van der Waals surface area contributed by atoms with E-state index in [-0.39, 0.29) is 11.4 Å². The van der Waals surface area contributed by atoms with Gasteiger partial charge in [0.2, 0.25) is 0 Å². The number of rotatable bonds is 2. The molecule has 0 spiro atoms. The normalized spacial score (nSPS) is 15.1. The minimum Gasteiger partial charge on any atom is -0.465 e. The summed E-state index contributed by atoms with van der Waals surface area (Å²) in [5, 5.41) is 10.6. The Morgan fingerprint density at radius 2 is 2.28 bits per heavy atom. The second-order valence-corrected chi connectivity index (χ2v) is 3.87. The lowest BCUT2D eigenvalue weighted by atomic mass is 9.99. The molecule has 0 saturated heterocycles. The number of nitrogens with one attached hydrogen (secondary N) is 1. The molecule has 0 saturated carbocycles. The fourth-order valence-electron chi connectivity index (χ4n) is 1.84. The summed E-state index contributed by atoms with van der Waals surface area (Å²) in [5.41, 5.74) is 6.66. The molecule has 2 rings (SSSR count). The SMILES string of the molecule is Nc1c(NC(=O)O)ccc(C2=CCOCC2)c1F. The van der Waals surface area contributed by atoms with Crippen LogP contribution in [-0.4, -0.2) is 24.4 Å². The molecule has 96 valence electrons. The molecule has 0 bridgehead atoms. The van der Waals surface area contributed by atoms with Gasteiger partial charge in [-0.25, -0.2) is 9.18 Å². The molecule has 0 aliphatic carbocycles. The Bertz CT molecular complexity index is 514. The Morgan fingerprint density at radius 3 is 2.89 bits per heavy atom. The van der Waals surface area contributed by atoms with E-state index in [0.29, 0.717) is 25.2 Å². The smallest absolute Gasteiger partial charge is 0.409 e. The number of ether oxygens (including phenoxy) is 1. The molecular formula is C12H13FN2O3. The summed E-state index contributed by atoms with van der Waals surface area (Å²) < 4.78 is 19.2. The van der Waals surface area contributed by atoms with E-state index < -0.39 is 11.9 Å². The maximum atomic E-state index is 14.1. The van der Waals surface area contributed by atoms with Crippen LogP contribution < -0.4 is 11.1 Å². The highest BCUT2D eigenvalue weighted by atomic mass is 19.1. The minimum atomic E-state index is -1.28. The van der Waals surface area contributed by atoms with Gasteiger partial charge in [0, 0.05) is 5.56 Å². The largest absolute Gasteiger partial charge is 0.465 e. The molecule has 1 aliphatic heterocycles. The van der Waals surface area contributed by atoms with Crippen molar-refractivity contribution in [1.29, 1.82) is 0 Å². The first-order valence-corrected chi connectivity index (χ1v) is 5.44. The molecule has 4 N–H and O–H groups in total. The highest BCUT2D eigenvalue weighted by Crippen LogP contribution is 2.31. The van der Waals surface area contributed by atoms with Crippen molar-refractivity contribution < 1.29 is 19.0 Å². The average molecular weight is 252 g/mol. The van der Waals surface area contributed by atoms with E-state index in [0.717, 1.165) is 5.57 Å². The molecule has 0 unspecified atom stereocenters. The van der Waals surface area contributed by atoms with E-state index in [1.807, 2.05) is 0 Å². The number of carboxylic acid groups (broad SMARTS) is 1. The molecule has 1 aromatic rings. The molecule has 6 heteroatoms. The van der Waals surface area contributed by atoms with E-state index >= 15 is 0 Å². The quantitative estimate of drug-likeness (QED) is 0.705. The Hall–Kier alpha value is -2.08. The summed E-state index contributed by atoms with van der Waals surface area (Å²) in [7, 11) is 0. The fourth-order valence-corrected chi connectivity index (χ4v) is 1.84. The molecule has 0 atom stereocenters. The Balaban J connectivity index is 2.37. The third-order valence-electron chi connectivity index (χ3n) is 2.73. The van der Waals surface area contributed by atoms with Crippen LogP contribution in [0.3, 0.4) is 0 Å². The van der Waals surface area contributed by atoms with Crippen molar-refractivity contribution in [3.8, 4) is 0 Å². The maximum absolute atomic E-state index is 14.1. The Labute approximate surface area is 103 Å². The minimum absolute atomic E-state index is 0.0522. The lowest BCUT2D eigenvalue weighted by Crippen LogP contribution is -2.11. The van der Waals surface area contributed by atoms with Crippen molar-refractivity contribution in [2.75, 3.05) is 24.3 Å². The number of amides is 1. The standard InChI is InChI=1S/C12H13FN2O3/c13-10-8(7-3-5-18-6-4-7)1-2-9(11(10)14)15-12(16)17/h1-3,15H,4-6,14H2,(H,16,17). The third kappa shape index (κ3) is 2.43. The van der Waals surface area contributed by atoms with E-state index in [1.165, 1.54) is 12.1 Å². The number of nitrogen functional groups attached to an aromatic ring is 1. The van der Waals surface area contributed by atoms with Gasteiger partial charge in [0.25, 0.3) is 0 Å². The van der Waals surface area contributed by atoms with Gasteiger partial charge in [0.15, 0.2) is 5.82 Å². The van der Waals surface area contributed by atoms with Gasteiger partial charge in [-0.05, 0) is 24.1 Å². The van der Waals surface area contributed by atoms with Crippen LogP contribution in [0.1, 0.15) is 12.0 Å². The number of carbonyl (C=O) groups is 1. The number of anilines is 2. The summed E-state index contributed by atoms with van der Waals surface area (Å²) >= 11 is 0. The molecule has 18 heavy (non-hydrogen) atoms. The topological polar surface area (TPSA) is 84.6 Å². The van der Waals surface area contributed by atoms with Crippen LogP contribution in [0.15, 0.2) is 18.2 Å². The van der Waals surface area contributed by atoms with Crippen LogP contribution in [-0.2, 0) is 4.74 Å². The van der Waals surface area contributed by atoms with Crippen LogP contribution >= 0.6 is 0 Å². The van der Waals surface area contributed by atoms with E-state index in [2.05, 4.69) is 5.32 Å². The van der Waals surface area contributed by atoms with Gasteiger partial charge < -0.3 is 15.6 Å². The molecular weight excluding hydrogens is 239 g/mol. The molecule has 0 radical (unpaired) electrons. The zero-order valence-electron chi connectivity index (χ0n) is 9.57. The number of benzene rings is 1. The molecule has 1 aliphatic rings. The number of hydrogen-bond donors (Lipinski definition) is 3. The predicted molar refractivity (Wildman–Crippen MR) is 65.9 cm³/mol. The first kappa shape index (κ1) is 12.4. The highest BCUT2D eigenvalue weighted by Gasteiger charge is 2.16. The first-order valence-electron chi connectivity index (χ1n) is 5.44. The molecule has 0 fully saturated rings. The summed E-state index contributed by atoms with van der Waals surface area (Å²) in [6.07, 6.45) is 1.13. The van der Waals surface area contributed by atoms with E-state index in [4.69, 9.17) is 15.6 Å². The summed E-state index contributed by atoms with van der Waals surface area (Å²) in [6, 6.07) is 2.98. The fraction of sp³-hybridized carbons (Fsp3) is 0.250. The maximum Gasteiger partial charge on any atom is 0.409 e. The van der Waals surface area contributed by atoms with Gasteiger partial charge in [-0.3, -0.25) is 5.32 Å². The molecule has 1 heterocycles. The first-order chi connectivity index (χ1) is 8.59. The van der Waals surface area contributed by atoms with Crippen LogP contribution in [0.25, 0.3) is 5.57 Å². The van der Waals surface area contributed by atoms with Crippen molar-refractivity contribution in [3.05, 3.63) is 29.6 Å². The van der Waals surface area contributed by atoms with E-state index in [1.54, 1.807) is 6.08 Å². The highest BCUT2D eigenvalue weighted by molar-refractivity contribution is 5.89. The van der Waals surface area contributed by atoms with Crippen LogP contribution in [0.4, 0.5) is 20.6 Å². The summed E-state index contributed by atoms with van der Waals surface area (Å²) in [6.45, 7) is 0.990. The van der Waals surface area contributed by atoms with E-state index in [9.17, 15) is 9.18 Å². The number of halogens is 1. The van der Waals surface area contributed by atoms with Crippen molar-refractivity contribution in [1.82, 2.24) is 0 Å². The molecule has 1 aromatic carbocycles. The van der Waals surface area contributed by atoms with Crippen molar-refractivity contribution >= 4 is 23.0 Å². The summed E-state index contributed by atoms with van der Waals surface area (Å²) in [5.74, 6) is -0.602. The zero-order chi connectivity index (χ0) is 13.1. The van der Waals surface area contributed by atoms with Crippen molar-refractivity contribution in [2.24, 2.45) is 0 Å². The number of nitrogens with two attached hydrogens (primary N) is 1. The van der Waals surface area contributed by atoms with Gasteiger partial charge in [-0.1, -0.05) is 6.08 Å². The lowest BCUT2D eigenvalue weighted by Gasteiger charge is -2.16. The lowest BCUT2D eigenvalue weighted by molar-refractivity contribution is 0.161. The molecule has 5 nitrogen and oxygen atoms in total. The van der Waals surface area contributed by atoms with Crippen molar-refractivity contribution in [2.45, 2.75) is 6.42 Å². The third-order valence-corrected chi connectivity index (χ3v) is 2.73. The van der Waals surface area contributed by atoms with Gasteiger partial charge in [0.05, 0.1) is 24.6 Å². The van der Waals surface area contributed by atoms with Crippen molar-refractivity contribution in [3.63, 3.8) is 0 Å². The Kier molecular flexibility index (Phi) is 3.47. The van der Waals surface area contributed by atoms with Crippen LogP contribution in [0, 0.1) is 5.82 Å². The van der Waals surface area contributed by atoms with Gasteiger partial charge in [-0.15, -0.1) is 0 Å². The zero-order valence-corrected chi connectivity index (χ0v) is 9.57. The average Bonchev–Trinajstić information content (AvgIpc) is 2.36. The monoisotopic (exact) mass is 252 g/mol. The van der Waals surface area contributed by atoms with Crippen LogP contribution in [0.5, 0.6) is 0 Å². The van der Waals surface area contributed by atoms with Gasteiger partial charge >= 0.3 is 6.09 Å². The summed E-state index contributed by atoms with van der Waals surface area (Å²) in [4.78, 5) is 10.5.